The van der Waals surface area contributed by atoms with Gasteiger partial charge in [0, 0.05) is 36.1 Å². The van der Waals surface area contributed by atoms with Crippen molar-refractivity contribution < 1.29 is 23.4 Å². The maximum Gasteiger partial charge on any atom is 0.419 e. The number of carbonyl (C=O) groups excluding carboxylic acids is 1. The third-order valence-electron chi connectivity index (χ3n) is 4.97. The predicted molar refractivity (Wildman–Crippen MR) is 129 cm³/mol. The predicted octanol–water partition coefficient (Wildman–Crippen LogP) is 4.50. The van der Waals surface area contributed by atoms with E-state index < -0.39 is 11.9 Å². The van der Waals surface area contributed by atoms with Gasteiger partial charge in [0.25, 0.3) is 0 Å². The number of amides is 1. The molecule has 1 amide bonds. The Kier molecular flexibility index (Phi) is 6.99. The Labute approximate surface area is 205 Å². The zero-order valence-electron chi connectivity index (χ0n) is 19.3. The van der Waals surface area contributed by atoms with E-state index in [0.29, 0.717) is 12.1 Å². The molecule has 2 N–H and O–H groups in total. The van der Waals surface area contributed by atoms with Gasteiger partial charge >= 0.3 is 6.09 Å². The van der Waals surface area contributed by atoms with E-state index >= 15 is 4.39 Å². The second kappa shape index (κ2) is 10.1. The molecule has 0 aliphatic carbocycles. The number of H-pyrrole nitrogens is 1. The lowest BCUT2D eigenvalue weighted by Gasteiger charge is -2.15. The zero-order valence-corrected chi connectivity index (χ0v) is 20.1. The highest BCUT2D eigenvalue weighted by molar-refractivity contribution is 6.35. The molecule has 0 saturated carbocycles. The van der Waals surface area contributed by atoms with Gasteiger partial charge in [-0.25, -0.2) is 19.2 Å². The average Bonchev–Trinajstić information content (AvgIpc) is 3.26. The third kappa shape index (κ3) is 4.96. The minimum atomic E-state index is -0.789. The van der Waals surface area contributed by atoms with Gasteiger partial charge in [-0.15, -0.1) is 0 Å². The van der Waals surface area contributed by atoms with Crippen molar-refractivity contribution in [3.8, 4) is 28.4 Å². The zero-order chi connectivity index (χ0) is 25.1. The molecule has 0 aliphatic rings. The highest BCUT2D eigenvalue weighted by Gasteiger charge is 2.24. The van der Waals surface area contributed by atoms with Crippen molar-refractivity contribution in [2.75, 3.05) is 33.6 Å². The number of carbonyl (C=O) groups is 1. The number of methoxy groups -OCH3 is 2. The van der Waals surface area contributed by atoms with Crippen LogP contribution in [-0.4, -0.2) is 59.2 Å². The molecule has 4 rings (SSSR count). The lowest BCUT2D eigenvalue weighted by Crippen LogP contribution is -2.18. The normalized spacial score (nSPS) is 11.1. The number of imidazole rings is 1. The fourth-order valence-electron chi connectivity index (χ4n) is 3.50. The molecule has 0 fully saturated rings. The van der Waals surface area contributed by atoms with Crippen LogP contribution in [0.5, 0.6) is 17.2 Å². The number of benzene rings is 2. The summed E-state index contributed by atoms with van der Waals surface area (Å²) in [5, 5.41) is 2.57. The van der Waals surface area contributed by atoms with Crippen LogP contribution in [-0.2, 0) is 6.54 Å². The highest BCUT2D eigenvalue weighted by Crippen LogP contribution is 2.44. The first-order valence-electron chi connectivity index (χ1n) is 10.3. The molecule has 0 bridgehead atoms. The number of nitrogens with one attached hydrogen (secondary N) is 2. The van der Waals surface area contributed by atoms with E-state index in [9.17, 15) is 4.79 Å². The van der Waals surface area contributed by atoms with Gasteiger partial charge in [0.05, 0.1) is 31.1 Å². The Hall–Kier alpha value is -3.96. The lowest BCUT2D eigenvalue weighted by molar-refractivity contribution is 0.215. The summed E-state index contributed by atoms with van der Waals surface area (Å²) in [6, 6.07) is 4.37. The largest absolute Gasteiger partial charge is 0.495 e. The fourth-order valence-corrected chi connectivity index (χ4v) is 3.82. The van der Waals surface area contributed by atoms with E-state index in [1.54, 1.807) is 6.20 Å². The second-order valence-corrected chi connectivity index (χ2v) is 8.04. The maximum atomic E-state index is 15.3. The molecule has 35 heavy (non-hydrogen) atoms. The number of aromatic amines is 1. The molecule has 4 aromatic rings. The summed E-state index contributed by atoms with van der Waals surface area (Å²) >= 11 is 6.45. The summed E-state index contributed by atoms with van der Waals surface area (Å²) in [5.74, 6) is -0.172. The maximum absolute atomic E-state index is 15.3. The molecule has 10 nitrogen and oxygen atoms in total. The lowest BCUT2D eigenvalue weighted by atomic mass is 10.0. The van der Waals surface area contributed by atoms with Crippen molar-refractivity contribution in [2.24, 2.45) is 0 Å². The molecule has 2 aromatic carbocycles. The molecule has 2 aromatic heterocycles. The Morgan fingerprint density at radius 2 is 1.80 bits per heavy atom. The summed E-state index contributed by atoms with van der Waals surface area (Å²) in [5.41, 5.74) is 1.65. The van der Waals surface area contributed by atoms with Crippen LogP contribution in [0.2, 0.25) is 5.02 Å². The van der Waals surface area contributed by atoms with E-state index in [2.05, 4.69) is 25.3 Å². The van der Waals surface area contributed by atoms with Crippen LogP contribution in [0.15, 0.2) is 36.8 Å². The van der Waals surface area contributed by atoms with Crippen molar-refractivity contribution in [2.45, 2.75) is 6.54 Å². The van der Waals surface area contributed by atoms with Gasteiger partial charge in [-0.05, 0) is 26.2 Å². The molecule has 0 unspecified atom stereocenters. The summed E-state index contributed by atoms with van der Waals surface area (Å²) in [6.07, 6.45) is 3.70. The van der Waals surface area contributed by atoms with Crippen molar-refractivity contribution >= 4 is 34.7 Å². The molecule has 2 heterocycles. The van der Waals surface area contributed by atoms with Gasteiger partial charge in [0.1, 0.15) is 16.8 Å². The summed E-state index contributed by atoms with van der Waals surface area (Å²) in [6.45, 7) is 0.625. The Morgan fingerprint density at radius 1 is 1.09 bits per heavy atom. The van der Waals surface area contributed by atoms with Gasteiger partial charge < -0.3 is 24.1 Å². The van der Waals surface area contributed by atoms with Crippen LogP contribution >= 0.6 is 11.6 Å². The molecule has 0 aliphatic heterocycles. The number of ether oxygens (including phenoxy) is 3. The first kappa shape index (κ1) is 24.2. The minimum absolute atomic E-state index is 0.0216. The summed E-state index contributed by atoms with van der Waals surface area (Å²) in [7, 11) is 6.58. The molecule has 12 heteroatoms. The average molecular weight is 501 g/mol. The highest BCUT2D eigenvalue weighted by atomic mass is 35.5. The molecule has 0 saturated heterocycles. The first-order chi connectivity index (χ1) is 16.8. The molecular formula is C23H22ClFN6O4. The number of fused-ring (bicyclic) bond motifs is 1. The van der Waals surface area contributed by atoms with Crippen LogP contribution in [0, 0.1) is 5.82 Å². The quantitative estimate of drug-likeness (QED) is 0.381. The Morgan fingerprint density at radius 3 is 2.49 bits per heavy atom. The number of hydrogen-bond acceptors (Lipinski definition) is 8. The van der Waals surface area contributed by atoms with Gasteiger partial charge in [-0.2, -0.15) is 0 Å². The van der Waals surface area contributed by atoms with Crippen LogP contribution < -0.4 is 19.5 Å². The number of aromatic nitrogens is 4. The van der Waals surface area contributed by atoms with Gasteiger partial charge in [0.2, 0.25) is 5.95 Å². The topological polar surface area (TPSA) is 114 Å². The van der Waals surface area contributed by atoms with Crippen LogP contribution in [0.4, 0.5) is 15.1 Å². The molecular weight excluding hydrogens is 479 g/mol. The number of nitrogens with zero attached hydrogens (tertiary/aromatic N) is 4. The Balaban J connectivity index is 1.69. The molecule has 0 radical (unpaired) electrons. The van der Waals surface area contributed by atoms with E-state index in [-0.39, 0.29) is 44.8 Å². The van der Waals surface area contributed by atoms with Crippen LogP contribution in [0.3, 0.4) is 0 Å². The molecule has 182 valence electrons. The van der Waals surface area contributed by atoms with Crippen LogP contribution in [0.1, 0.15) is 5.69 Å². The van der Waals surface area contributed by atoms with E-state index in [0.717, 1.165) is 5.69 Å². The molecule has 0 atom stereocenters. The van der Waals surface area contributed by atoms with E-state index in [4.69, 9.17) is 25.8 Å². The number of halogens is 2. The van der Waals surface area contributed by atoms with Crippen molar-refractivity contribution in [3.05, 3.63) is 53.3 Å². The van der Waals surface area contributed by atoms with Gasteiger partial charge in [-0.1, -0.05) is 11.6 Å². The Bertz CT molecular complexity index is 1370. The molecule has 0 spiro atoms. The van der Waals surface area contributed by atoms with Gasteiger partial charge in [-0.3, -0.25) is 10.3 Å². The van der Waals surface area contributed by atoms with Crippen molar-refractivity contribution in [1.82, 2.24) is 24.8 Å². The first-order valence-corrected chi connectivity index (χ1v) is 10.7. The van der Waals surface area contributed by atoms with E-state index in [1.807, 2.05) is 19.0 Å². The third-order valence-corrected chi connectivity index (χ3v) is 5.34. The smallest absolute Gasteiger partial charge is 0.419 e. The number of rotatable bonds is 7. The van der Waals surface area contributed by atoms with E-state index in [1.165, 1.54) is 44.8 Å². The number of hydrogen-bond donors (Lipinski definition) is 2. The van der Waals surface area contributed by atoms with Gasteiger partial charge in [0.15, 0.2) is 17.3 Å². The van der Waals surface area contributed by atoms with Crippen molar-refractivity contribution in [3.63, 3.8) is 0 Å². The SMILES string of the molecule is COc1cc(OC)c(Cl)c(-c2ccc(OC(=O)Nc3ncc(CN(C)C)[nH]3)c3nccnc23)c1F. The number of anilines is 1. The monoisotopic (exact) mass is 500 g/mol. The fraction of sp³-hybridized carbons (Fsp3) is 0.217. The summed E-state index contributed by atoms with van der Waals surface area (Å²) < 4.78 is 31.1. The van der Waals surface area contributed by atoms with Crippen molar-refractivity contribution in [1.29, 1.82) is 0 Å². The summed E-state index contributed by atoms with van der Waals surface area (Å²) in [4.78, 5) is 30.2. The van der Waals surface area contributed by atoms with Crippen LogP contribution in [0.25, 0.3) is 22.2 Å². The second-order valence-electron chi connectivity index (χ2n) is 7.66. The standard InChI is InChI=1S/C23H22ClFN6O4/c1-31(2)11-12-10-28-22(29-12)30-23(32)35-14-6-5-13(20-21(14)27-8-7-26-20)17-18(24)15(33-3)9-16(34-4)19(17)25/h5-10H,11H2,1-4H3,(H2,28,29,30,32). The minimum Gasteiger partial charge on any atom is -0.495 e.